The Balaban J connectivity index is 1.94. The van der Waals surface area contributed by atoms with Gasteiger partial charge in [-0.2, -0.15) is 0 Å². The number of aliphatic imine (C=N–C) groups is 1. The van der Waals surface area contributed by atoms with Gasteiger partial charge >= 0.3 is 0 Å². The second-order valence-electron chi connectivity index (χ2n) is 7.72. The summed E-state index contributed by atoms with van der Waals surface area (Å²) in [4.78, 5) is 9.75. The van der Waals surface area contributed by atoms with Gasteiger partial charge in [0.2, 0.25) is 0 Å². The zero-order valence-corrected chi connectivity index (χ0v) is 17.9. The first-order valence-electron chi connectivity index (χ1n) is 10.5. The highest BCUT2D eigenvalue weighted by Gasteiger charge is 2.21. The Morgan fingerprint density at radius 1 is 1.30 bits per heavy atom. The van der Waals surface area contributed by atoms with Crippen molar-refractivity contribution in [1.29, 1.82) is 0 Å². The summed E-state index contributed by atoms with van der Waals surface area (Å²) in [5.74, 6) is 2.58. The Labute approximate surface area is 165 Å². The van der Waals surface area contributed by atoms with Gasteiger partial charge in [0, 0.05) is 39.3 Å². The molecule has 152 valence electrons. The number of piperidine rings is 1. The lowest BCUT2D eigenvalue weighted by molar-refractivity contribution is 0.143. The molecule has 1 aliphatic heterocycles. The van der Waals surface area contributed by atoms with Crippen LogP contribution in [-0.4, -0.2) is 61.6 Å². The summed E-state index contributed by atoms with van der Waals surface area (Å²) in [5.41, 5.74) is 1.26. The zero-order valence-electron chi connectivity index (χ0n) is 17.9. The maximum Gasteiger partial charge on any atom is 0.193 e. The number of nitrogens with one attached hydrogen (secondary N) is 1. The van der Waals surface area contributed by atoms with Gasteiger partial charge in [0.1, 0.15) is 5.75 Å². The summed E-state index contributed by atoms with van der Waals surface area (Å²) >= 11 is 0. The fourth-order valence-electron chi connectivity index (χ4n) is 3.61. The molecule has 0 spiro atoms. The molecule has 5 nitrogen and oxygen atoms in total. The molecule has 2 rings (SSSR count). The van der Waals surface area contributed by atoms with Crippen molar-refractivity contribution in [3.8, 4) is 5.75 Å². The molecule has 0 amide bonds. The van der Waals surface area contributed by atoms with Gasteiger partial charge in [-0.1, -0.05) is 12.1 Å². The second kappa shape index (κ2) is 11.2. The molecule has 1 aliphatic rings. The molecular formula is C22H38N4O. The van der Waals surface area contributed by atoms with Crippen molar-refractivity contribution in [2.45, 2.75) is 53.1 Å². The van der Waals surface area contributed by atoms with Crippen LogP contribution in [0.1, 0.15) is 46.1 Å². The van der Waals surface area contributed by atoms with E-state index in [4.69, 9.17) is 9.73 Å². The zero-order chi connectivity index (χ0) is 19.6. The van der Waals surface area contributed by atoms with Gasteiger partial charge in [0.05, 0.1) is 6.61 Å². The monoisotopic (exact) mass is 374 g/mol. The van der Waals surface area contributed by atoms with Crippen LogP contribution < -0.4 is 10.1 Å². The van der Waals surface area contributed by atoms with Gasteiger partial charge in [0.25, 0.3) is 0 Å². The lowest BCUT2D eigenvalue weighted by Crippen LogP contribution is -2.42. The largest absolute Gasteiger partial charge is 0.494 e. The minimum Gasteiger partial charge on any atom is -0.494 e. The molecule has 1 aromatic rings. The Morgan fingerprint density at radius 2 is 2.04 bits per heavy atom. The summed E-state index contributed by atoms with van der Waals surface area (Å²) < 4.78 is 5.53. The Kier molecular flexibility index (Phi) is 8.92. The van der Waals surface area contributed by atoms with Crippen molar-refractivity contribution in [2.24, 2.45) is 10.9 Å². The average molecular weight is 375 g/mol. The number of likely N-dealkylation sites (tertiary alicyclic amines) is 1. The molecule has 0 bridgehead atoms. The van der Waals surface area contributed by atoms with Gasteiger partial charge in [-0.3, -0.25) is 4.99 Å². The van der Waals surface area contributed by atoms with Gasteiger partial charge in [0.15, 0.2) is 5.96 Å². The molecule has 1 unspecified atom stereocenters. The van der Waals surface area contributed by atoms with Gasteiger partial charge in [-0.25, -0.2) is 0 Å². The van der Waals surface area contributed by atoms with Crippen LogP contribution in [0.15, 0.2) is 29.3 Å². The van der Waals surface area contributed by atoms with E-state index in [0.717, 1.165) is 31.3 Å². The first kappa shape index (κ1) is 21.5. The fourth-order valence-corrected chi connectivity index (χ4v) is 3.61. The van der Waals surface area contributed by atoms with E-state index in [9.17, 15) is 0 Å². The van der Waals surface area contributed by atoms with Crippen LogP contribution in [0.3, 0.4) is 0 Å². The molecule has 0 aromatic heterocycles. The van der Waals surface area contributed by atoms with E-state index >= 15 is 0 Å². The molecule has 1 atom stereocenters. The molecule has 1 aromatic carbocycles. The van der Waals surface area contributed by atoms with Crippen molar-refractivity contribution < 1.29 is 4.74 Å². The third-order valence-electron chi connectivity index (χ3n) is 5.13. The average Bonchev–Trinajstić information content (AvgIpc) is 2.67. The number of nitrogens with zero attached hydrogens (tertiary/aromatic N) is 3. The Morgan fingerprint density at radius 3 is 2.67 bits per heavy atom. The molecule has 0 radical (unpaired) electrons. The van der Waals surface area contributed by atoms with Crippen molar-refractivity contribution in [2.75, 3.05) is 39.8 Å². The highest BCUT2D eigenvalue weighted by Crippen LogP contribution is 2.19. The van der Waals surface area contributed by atoms with Crippen molar-refractivity contribution in [3.05, 3.63) is 29.8 Å². The predicted octanol–water partition coefficient (Wildman–Crippen LogP) is 3.60. The quantitative estimate of drug-likeness (QED) is 0.557. The SMILES string of the molecule is CCNC(=NCC1CCCN(C(C)C)C1)N(C)Cc1ccc(OCC)cc1. The van der Waals surface area contributed by atoms with Crippen LogP contribution in [0, 0.1) is 5.92 Å². The number of rotatable bonds is 8. The highest BCUT2D eigenvalue weighted by atomic mass is 16.5. The van der Waals surface area contributed by atoms with Crippen LogP contribution in [0.5, 0.6) is 5.75 Å². The fraction of sp³-hybridized carbons (Fsp3) is 0.682. The Bertz CT molecular complexity index is 570. The van der Waals surface area contributed by atoms with E-state index in [1.54, 1.807) is 0 Å². The van der Waals surface area contributed by atoms with E-state index in [1.807, 2.05) is 19.1 Å². The molecule has 27 heavy (non-hydrogen) atoms. The lowest BCUT2D eigenvalue weighted by atomic mass is 9.97. The number of hydrogen-bond donors (Lipinski definition) is 1. The van der Waals surface area contributed by atoms with Crippen molar-refractivity contribution >= 4 is 5.96 Å². The standard InChI is InChI=1S/C22H38N4O/c1-6-23-22(24-15-20-9-8-14-26(17-20)18(3)4)25(5)16-19-10-12-21(13-11-19)27-7-2/h10-13,18,20H,6-9,14-17H2,1-5H3,(H,23,24). The van der Waals surface area contributed by atoms with Crippen molar-refractivity contribution in [3.63, 3.8) is 0 Å². The van der Waals surface area contributed by atoms with E-state index in [-0.39, 0.29) is 0 Å². The summed E-state index contributed by atoms with van der Waals surface area (Å²) in [7, 11) is 2.11. The van der Waals surface area contributed by atoms with Crippen LogP contribution in [0.4, 0.5) is 0 Å². The third kappa shape index (κ3) is 7.06. The summed E-state index contributed by atoms with van der Waals surface area (Å²) in [6.45, 7) is 14.4. The van der Waals surface area contributed by atoms with E-state index < -0.39 is 0 Å². The smallest absolute Gasteiger partial charge is 0.193 e. The van der Waals surface area contributed by atoms with E-state index in [0.29, 0.717) is 18.6 Å². The maximum absolute atomic E-state index is 5.53. The number of hydrogen-bond acceptors (Lipinski definition) is 3. The van der Waals surface area contributed by atoms with Gasteiger partial charge < -0.3 is 19.9 Å². The first-order valence-corrected chi connectivity index (χ1v) is 10.5. The minimum atomic E-state index is 0.632. The molecule has 1 fully saturated rings. The topological polar surface area (TPSA) is 40.1 Å². The molecule has 0 saturated carbocycles. The van der Waals surface area contributed by atoms with Crippen LogP contribution in [0.25, 0.3) is 0 Å². The summed E-state index contributed by atoms with van der Waals surface area (Å²) in [6.07, 6.45) is 2.58. The van der Waals surface area contributed by atoms with Crippen LogP contribution in [-0.2, 0) is 6.54 Å². The molecular weight excluding hydrogens is 336 g/mol. The molecule has 5 heteroatoms. The first-order chi connectivity index (χ1) is 13.0. The second-order valence-corrected chi connectivity index (χ2v) is 7.72. The molecule has 1 saturated heterocycles. The van der Waals surface area contributed by atoms with Gasteiger partial charge in [-0.05, 0) is 70.7 Å². The van der Waals surface area contributed by atoms with Crippen molar-refractivity contribution in [1.82, 2.24) is 15.1 Å². The normalized spacial score (nSPS) is 18.6. The number of benzene rings is 1. The van der Waals surface area contributed by atoms with Crippen LogP contribution in [0.2, 0.25) is 0 Å². The minimum absolute atomic E-state index is 0.632. The summed E-state index contributed by atoms with van der Waals surface area (Å²) in [6, 6.07) is 8.98. The lowest BCUT2D eigenvalue weighted by Gasteiger charge is -2.35. The highest BCUT2D eigenvalue weighted by molar-refractivity contribution is 5.79. The number of guanidine groups is 1. The summed E-state index contributed by atoms with van der Waals surface area (Å²) in [5, 5.41) is 3.45. The van der Waals surface area contributed by atoms with E-state index in [1.165, 1.54) is 31.5 Å². The van der Waals surface area contributed by atoms with E-state index in [2.05, 4.69) is 55.1 Å². The third-order valence-corrected chi connectivity index (χ3v) is 5.13. The van der Waals surface area contributed by atoms with Crippen LogP contribution >= 0.6 is 0 Å². The predicted molar refractivity (Wildman–Crippen MR) is 114 cm³/mol. The molecule has 0 aliphatic carbocycles. The molecule has 1 heterocycles. The van der Waals surface area contributed by atoms with Gasteiger partial charge in [-0.15, -0.1) is 0 Å². The maximum atomic E-state index is 5.53. The number of ether oxygens (including phenoxy) is 1. The molecule has 1 N–H and O–H groups in total. The Hall–Kier alpha value is -1.75.